The van der Waals surface area contributed by atoms with Crippen LogP contribution in [0.1, 0.15) is 16.7 Å². The second kappa shape index (κ2) is 8.52. The lowest BCUT2D eigenvalue weighted by Gasteiger charge is -2.19. The van der Waals surface area contributed by atoms with E-state index in [0.29, 0.717) is 22.6 Å². The molecule has 0 aliphatic carbocycles. The second-order valence-corrected chi connectivity index (χ2v) is 8.39. The van der Waals surface area contributed by atoms with Crippen molar-refractivity contribution in [2.45, 2.75) is 13.8 Å². The van der Waals surface area contributed by atoms with Crippen molar-refractivity contribution < 1.29 is 14.3 Å². The Kier molecular flexibility index (Phi) is 5.38. The largest absolute Gasteiger partial charge is 0.495 e. The molecule has 0 unspecified atom stereocenters. The number of fused-ring (bicyclic) bond motifs is 1. The van der Waals surface area contributed by atoms with E-state index in [1.54, 1.807) is 12.1 Å². The SMILES string of the molecule is COc1ccc(C)cc1N1C(=O)C(Nc2cccc3ccccc23)=C(c2ccc(C)cc2)C1=O. The number of imide groups is 1. The number of benzene rings is 4. The third kappa shape index (κ3) is 3.61. The van der Waals surface area contributed by atoms with Gasteiger partial charge >= 0.3 is 0 Å². The fourth-order valence-corrected chi connectivity index (χ4v) is 4.30. The highest BCUT2D eigenvalue weighted by Crippen LogP contribution is 2.39. The van der Waals surface area contributed by atoms with E-state index in [2.05, 4.69) is 5.32 Å². The highest BCUT2D eigenvalue weighted by molar-refractivity contribution is 6.46. The van der Waals surface area contributed by atoms with E-state index in [1.165, 1.54) is 12.0 Å². The van der Waals surface area contributed by atoms with Gasteiger partial charge in [0, 0.05) is 11.1 Å². The quantitative estimate of drug-likeness (QED) is 0.389. The molecule has 2 amide bonds. The molecule has 0 aromatic heterocycles. The Bertz CT molecular complexity index is 1460. The summed E-state index contributed by atoms with van der Waals surface area (Å²) < 4.78 is 5.49. The standard InChI is InChI=1S/C29H24N2O3/c1-18-11-14-21(15-12-18)26-27(30-23-10-6-8-20-7-4-5-9-22(20)23)29(33)31(28(26)32)24-17-19(2)13-16-25(24)34-3/h4-17,30H,1-3H3. The van der Waals surface area contributed by atoms with Crippen molar-refractivity contribution in [1.82, 2.24) is 0 Å². The second-order valence-electron chi connectivity index (χ2n) is 8.39. The van der Waals surface area contributed by atoms with Crippen LogP contribution < -0.4 is 15.0 Å². The van der Waals surface area contributed by atoms with E-state index in [-0.39, 0.29) is 11.6 Å². The van der Waals surface area contributed by atoms with Crippen LogP contribution in [0.4, 0.5) is 11.4 Å². The van der Waals surface area contributed by atoms with Crippen LogP contribution >= 0.6 is 0 Å². The first kappa shape index (κ1) is 21.5. The Morgan fingerprint density at radius 2 is 1.47 bits per heavy atom. The van der Waals surface area contributed by atoms with Gasteiger partial charge in [-0.1, -0.05) is 72.3 Å². The molecule has 0 saturated carbocycles. The third-order valence-corrected chi connectivity index (χ3v) is 6.05. The first-order chi connectivity index (χ1) is 16.5. The van der Waals surface area contributed by atoms with Crippen molar-refractivity contribution in [2.75, 3.05) is 17.3 Å². The van der Waals surface area contributed by atoms with Gasteiger partial charge in [-0.15, -0.1) is 0 Å². The lowest BCUT2D eigenvalue weighted by atomic mass is 10.0. The number of methoxy groups -OCH3 is 1. The van der Waals surface area contributed by atoms with Gasteiger partial charge in [0.25, 0.3) is 11.8 Å². The van der Waals surface area contributed by atoms with Crippen LogP contribution in [0.2, 0.25) is 0 Å². The van der Waals surface area contributed by atoms with Crippen LogP contribution in [0.15, 0.2) is 90.6 Å². The van der Waals surface area contributed by atoms with Crippen LogP contribution in [0.25, 0.3) is 16.3 Å². The van der Waals surface area contributed by atoms with E-state index < -0.39 is 5.91 Å². The van der Waals surface area contributed by atoms with Gasteiger partial charge in [-0.3, -0.25) is 9.59 Å². The van der Waals surface area contributed by atoms with Crippen molar-refractivity contribution in [3.63, 3.8) is 0 Å². The van der Waals surface area contributed by atoms with Crippen molar-refractivity contribution in [2.24, 2.45) is 0 Å². The van der Waals surface area contributed by atoms with Crippen molar-refractivity contribution >= 4 is 39.5 Å². The molecule has 5 nitrogen and oxygen atoms in total. The number of ether oxygens (including phenoxy) is 1. The van der Waals surface area contributed by atoms with Gasteiger partial charge in [-0.25, -0.2) is 4.90 Å². The first-order valence-electron chi connectivity index (χ1n) is 11.1. The number of carbonyl (C=O) groups excluding carboxylic acids is 2. The number of hydrogen-bond acceptors (Lipinski definition) is 4. The summed E-state index contributed by atoms with van der Waals surface area (Å²) >= 11 is 0. The monoisotopic (exact) mass is 448 g/mol. The highest BCUT2D eigenvalue weighted by atomic mass is 16.5. The Labute approximate surface area is 198 Å². The zero-order valence-corrected chi connectivity index (χ0v) is 19.3. The van der Waals surface area contributed by atoms with Crippen molar-refractivity contribution in [1.29, 1.82) is 0 Å². The summed E-state index contributed by atoms with van der Waals surface area (Å²) in [5.74, 6) is -0.347. The van der Waals surface area contributed by atoms with Gasteiger partial charge in [0.15, 0.2) is 0 Å². The number of nitrogens with one attached hydrogen (secondary N) is 1. The van der Waals surface area contributed by atoms with Crippen molar-refractivity contribution in [3.8, 4) is 5.75 Å². The van der Waals surface area contributed by atoms with Gasteiger partial charge in [0.05, 0.1) is 18.4 Å². The Hall–Kier alpha value is -4.38. The topological polar surface area (TPSA) is 58.6 Å². The Morgan fingerprint density at radius 1 is 0.765 bits per heavy atom. The Morgan fingerprint density at radius 3 is 2.24 bits per heavy atom. The Balaban J connectivity index is 1.68. The van der Waals surface area contributed by atoms with E-state index >= 15 is 0 Å². The van der Waals surface area contributed by atoms with E-state index in [0.717, 1.165) is 27.6 Å². The van der Waals surface area contributed by atoms with E-state index in [1.807, 2.05) is 86.6 Å². The maximum atomic E-state index is 13.8. The average Bonchev–Trinajstić information content (AvgIpc) is 3.09. The van der Waals surface area contributed by atoms with Crippen LogP contribution in [0.3, 0.4) is 0 Å². The molecule has 1 N–H and O–H groups in total. The fraction of sp³-hybridized carbons (Fsp3) is 0.103. The van der Waals surface area contributed by atoms with Crippen LogP contribution in [0.5, 0.6) is 5.75 Å². The summed E-state index contributed by atoms with van der Waals surface area (Å²) in [5.41, 5.74) is 4.44. The molecule has 4 aromatic rings. The molecule has 5 rings (SSSR count). The van der Waals surface area contributed by atoms with Crippen LogP contribution in [0, 0.1) is 13.8 Å². The molecule has 0 bridgehead atoms. The molecule has 168 valence electrons. The summed E-state index contributed by atoms with van der Waals surface area (Å²) in [7, 11) is 1.53. The number of nitrogens with zero attached hydrogens (tertiary/aromatic N) is 1. The van der Waals surface area contributed by atoms with Gasteiger partial charge in [-0.2, -0.15) is 0 Å². The smallest absolute Gasteiger partial charge is 0.282 e. The molecule has 1 aliphatic rings. The summed E-state index contributed by atoms with van der Waals surface area (Å²) in [6.07, 6.45) is 0. The number of anilines is 2. The minimum atomic E-state index is -0.419. The van der Waals surface area contributed by atoms with Crippen molar-refractivity contribution in [3.05, 3.63) is 107 Å². The molecule has 0 fully saturated rings. The summed E-state index contributed by atoms with van der Waals surface area (Å²) in [6.45, 7) is 3.90. The maximum Gasteiger partial charge on any atom is 0.282 e. The summed E-state index contributed by atoms with van der Waals surface area (Å²) in [6, 6.07) is 26.9. The molecule has 0 saturated heterocycles. The van der Waals surface area contributed by atoms with Gasteiger partial charge in [-0.05, 0) is 48.6 Å². The molecule has 0 atom stereocenters. The summed E-state index contributed by atoms with van der Waals surface area (Å²) in [4.78, 5) is 28.8. The van der Waals surface area contributed by atoms with E-state index in [9.17, 15) is 9.59 Å². The van der Waals surface area contributed by atoms with Gasteiger partial charge in [0.1, 0.15) is 11.4 Å². The lowest BCUT2D eigenvalue weighted by Crippen LogP contribution is -2.32. The molecule has 34 heavy (non-hydrogen) atoms. The summed E-state index contributed by atoms with van der Waals surface area (Å²) in [5, 5.41) is 5.31. The zero-order chi connectivity index (χ0) is 23.8. The average molecular weight is 449 g/mol. The van der Waals surface area contributed by atoms with Crippen LogP contribution in [-0.2, 0) is 9.59 Å². The molecule has 0 radical (unpaired) electrons. The number of amides is 2. The van der Waals surface area contributed by atoms with E-state index in [4.69, 9.17) is 4.74 Å². The highest BCUT2D eigenvalue weighted by Gasteiger charge is 2.41. The lowest BCUT2D eigenvalue weighted by molar-refractivity contribution is -0.120. The maximum absolute atomic E-state index is 13.8. The first-order valence-corrected chi connectivity index (χ1v) is 11.1. The number of rotatable bonds is 5. The third-order valence-electron chi connectivity index (χ3n) is 6.05. The zero-order valence-electron chi connectivity index (χ0n) is 19.3. The molecule has 5 heteroatoms. The van der Waals surface area contributed by atoms with Gasteiger partial charge < -0.3 is 10.1 Å². The minimum absolute atomic E-state index is 0.244. The number of hydrogen-bond donors (Lipinski definition) is 1. The molecule has 4 aromatic carbocycles. The van der Waals surface area contributed by atoms with Gasteiger partial charge in [0.2, 0.25) is 0 Å². The number of carbonyl (C=O) groups is 2. The molecular formula is C29H24N2O3. The molecular weight excluding hydrogens is 424 g/mol. The normalized spacial score (nSPS) is 13.7. The number of aryl methyl sites for hydroxylation is 2. The molecule has 1 aliphatic heterocycles. The fourth-order valence-electron chi connectivity index (χ4n) is 4.30. The molecule has 1 heterocycles. The predicted molar refractivity (Wildman–Crippen MR) is 136 cm³/mol. The minimum Gasteiger partial charge on any atom is -0.495 e. The van der Waals surface area contributed by atoms with Crippen LogP contribution in [-0.4, -0.2) is 18.9 Å². The predicted octanol–water partition coefficient (Wildman–Crippen LogP) is 5.86. The molecule has 0 spiro atoms.